The zero-order valence-corrected chi connectivity index (χ0v) is 17.5. The second-order valence-corrected chi connectivity index (χ2v) is 9.73. The Bertz CT molecular complexity index is 915. The van der Waals surface area contributed by atoms with E-state index in [-0.39, 0.29) is 5.02 Å². The van der Waals surface area contributed by atoms with Crippen molar-refractivity contribution in [3.05, 3.63) is 35.6 Å². The highest BCUT2D eigenvalue weighted by Gasteiger charge is 2.28. The number of benzene rings is 1. The van der Waals surface area contributed by atoms with Gasteiger partial charge in [-0.05, 0) is 30.4 Å². The Labute approximate surface area is 168 Å². The molecule has 146 valence electrons. The van der Waals surface area contributed by atoms with Gasteiger partial charge in [-0.15, -0.1) is 3.89 Å². The fourth-order valence-corrected chi connectivity index (χ4v) is 4.96. The summed E-state index contributed by atoms with van der Waals surface area (Å²) in [6.45, 7) is 6.46. The second-order valence-electron chi connectivity index (χ2n) is 6.97. The monoisotopic (exact) mass is 429 g/mol. The predicted octanol–water partition coefficient (Wildman–Crippen LogP) is 4.96. The molecule has 2 aromatic rings. The van der Waals surface area contributed by atoms with Crippen LogP contribution >= 0.6 is 23.4 Å². The maximum Gasteiger partial charge on any atom is 0.333 e. The number of halogens is 2. The van der Waals surface area contributed by atoms with Crippen LogP contribution in [0, 0.1) is 5.41 Å². The summed E-state index contributed by atoms with van der Waals surface area (Å²) in [4.78, 5) is 11.0. The molecule has 9 heteroatoms. The summed E-state index contributed by atoms with van der Waals surface area (Å²) in [6.07, 6.45) is 6.77. The van der Waals surface area contributed by atoms with Crippen LogP contribution in [-0.2, 0) is 10.2 Å². The van der Waals surface area contributed by atoms with Crippen molar-refractivity contribution in [1.29, 1.82) is 0 Å². The Morgan fingerprint density at radius 3 is 2.52 bits per heavy atom. The summed E-state index contributed by atoms with van der Waals surface area (Å²) in [5.41, 5.74) is 0.401. The van der Waals surface area contributed by atoms with Gasteiger partial charge >= 0.3 is 10.2 Å². The van der Waals surface area contributed by atoms with Crippen molar-refractivity contribution in [2.75, 3.05) is 18.0 Å². The molecule has 0 spiro atoms. The van der Waals surface area contributed by atoms with E-state index in [0.29, 0.717) is 15.3 Å². The van der Waals surface area contributed by atoms with Gasteiger partial charge in [0.1, 0.15) is 15.7 Å². The van der Waals surface area contributed by atoms with E-state index in [0.717, 1.165) is 49.6 Å². The molecule has 0 unspecified atom stereocenters. The van der Waals surface area contributed by atoms with Gasteiger partial charge in [0.05, 0.1) is 17.4 Å². The Balaban J connectivity index is 1.72. The third-order valence-corrected chi connectivity index (χ3v) is 7.64. The van der Waals surface area contributed by atoms with Crippen molar-refractivity contribution in [3.63, 3.8) is 0 Å². The molecule has 1 saturated heterocycles. The molecule has 0 aliphatic carbocycles. The van der Waals surface area contributed by atoms with E-state index < -0.39 is 15.1 Å². The zero-order chi connectivity index (χ0) is 19.7. The molecular weight excluding hydrogens is 409 g/mol. The highest BCUT2D eigenvalue weighted by molar-refractivity contribution is 7.99. The molecule has 3 rings (SSSR count). The minimum absolute atomic E-state index is 0.147. The number of hydrogen-bond acceptors (Lipinski definition) is 6. The molecule has 0 atom stereocenters. The fourth-order valence-electron chi connectivity index (χ4n) is 3.03. The topological polar surface area (TPSA) is 63.2 Å². The average Bonchev–Trinajstić information content (AvgIpc) is 2.64. The molecule has 2 heterocycles. The van der Waals surface area contributed by atoms with Crippen LogP contribution in [0.5, 0.6) is 0 Å². The molecule has 0 N–H and O–H groups in total. The predicted molar refractivity (Wildman–Crippen MR) is 106 cm³/mol. The van der Waals surface area contributed by atoms with Gasteiger partial charge in [-0.1, -0.05) is 49.7 Å². The van der Waals surface area contributed by atoms with Crippen LogP contribution in [0.2, 0.25) is 5.02 Å². The van der Waals surface area contributed by atoms with Gasteiger partial charge in [0.15, 0.2) is 0 Å². The molecule has 0 saturated carbocycles. The lowest BCUT2D eigenvalue weighted by Gasteiger charge is -2.39. The lowest BCUT2D eigenvalue weighted by Crippen LogP contribution is -2.38. The lowest BCUT2D eigenvalue weighted by atomic mass is 9.78. The minimum atomic E-state index is -4.87. The highest BCUT2D eigenvalue weighted by atomic mass is 35.5. The van der Waals surface area contributed by atoms with Crippen LogP contribution < -0.4 is 4.90 Å². The first-order valence-corrected chi connectivity index (χ1v) is 11.3. The molecular formula is C18H21ClFN3O2S2. The van der Waals surface area contributed by atoms with Crippen LogP contribution in [0.15, 0.2) is 45.4 Å². The summed E-state index contributed by atoms with van der Waals surface area (Å²) in [5, 5.41) is 0.412. The van der Waals surface area contributed by atoms with Gasteiger partial charge in [-0.25, -0.2) is 9.97 Å². The average molecular weight is 430 g/mol. The standard InChI is InChI=1S/C18H21ClFN3O2S2/c1-3-18(2)7-9-23(10-8-18)15-11-22-16(12-21-15)26-13-5-4-6-14(17(13)19)27(20,24)25/h4-6,11-12H,3,7-10H2,1-2H3. The summed E-state index contributed by atoms with van der Waals surface area (Å²) >= 11 is 7.19. The van der Waals surface area contributed by atoms with Crippen molar-refractivity contribution >= 4 is 39.4 Å². The number of rotatable bonds is 5. The molecule has 1 aliphatic heterocycles. The Kier molecular flexibility index (Phi) is 5.98. The van der Waals surface area contributed by atoms with Gasteiger partial charge in [0, 0.05) is 18.0 Å². The third kappa shape index (κ3) is 4.73. The lowest BCUT2D eigenvalue weighted by molar-refractivity contribution is 0.237. The first-order valence-electron chi connectivity index (χ1n) is 8.70. The van der Waals surface area contributed by atoms with Crippen LogP contribution in [0.1, 0.15) is 33.1 Å². The fraction of sp³-hybridized carbons (Fsp3) is 0.444. The number of aromatic nitrogens is 2. The number of nitrogens with zero attached hydrogens (tertiary/aromatic N) is 3. The maximum absolute atomic E-state index is 13.3. The quantitative estimate of drug-likeness (QED) is 0.626. The zero-order valence-electron chi connectivity index (χ0n) is 15.2. The van der Waals surface area contributed by atoms with Crippen LogP contribution in [0.3, 0.4) is 0 Å². The molecule has 5 nitrogen and oxygen atoms in total. The smallest absolute Gasteiger partial charge is 0.333 e. The highest BCUT2D eigenvalue weighted by Crippen LogP contribution is 2.37. The Morgan fingerprint density at radius 2 is 1.96 bits per heavy atom. The summed E-state index contributed by atoms with van der Waals surface area (Å²) in [6, 6.07) is 4.20. The first kappa shape index (κ1) is 20.4. The van der Waals surface area contributed by atoms with E-state index in [9.17, 15) is 12.3 Å². The van der Waals surface area contributed by atoms with Crippen molar-refractivity contribution < 1.29 is 12.3 Å². The SMILES string of the molecule is CCC1(C)CCN(c2cnc(Sc3cccc(S(=O)(=O)F)c3Cl)cn2)CC1. The number of piperidine rings is 1. The molecule has 1 aromatic heterocycles. The van der Waals surface area contributed by atoms with Gasteiger partial charge in [0.25, 0.3) is 0 Å². The molecule has 1 fully saturated rings. The Morgan fingerprint density at radius 1 is 1.26 bits per heavy atom. The number of anilines is 1. The number of hydrogen-bond donors (Lipinski definition) is 0. The molecule has 0 amide bonds. The summed E-state index contributed by atoms with van der Waals surface area (Å²) in [7, 11) is -4.87. The second kappa shape index (κ2) is 7.93. The molecule has 1 aromatic carbocycles. The van der Waals surface area contributed by atoms with Crippen molar-refractivity contribution in [2.24, 2.45) is 5.41 Å². The molecule has 1 aliphatic rings. The van der Waals surface area contributed by atoms with E-state index in [4.69, 9.17) is 11.6 Å². The molecule has 0 radical (unpaired) electrons. The van der Waals surface area contributed by atoms with Crippen molar-refractivity contribution in [1.82, 2.24) is 9.97 Å². The maximum atomic E-state index is 13.3. The first-order chi connectivity index (χ1) is 12.7. The largest absolute Gasteiger partial charge is 0.355 e. The van der Waals surface area contributed by atoms with Gasteiger partial charge < -0.3 is 4.90 Å². The summed E-state index contributed by atoms with van der Waals surface area (Å²) < 4.78 is 35.6. The van der Waals surface area contributed by atoms with Crippen LogP contribution in [0.4, 0.5) is 9.70 Å². The van der Waals surface area contributed by atoms with E-state index in [1.807, 2.05) is 0 Å². The van der Waals surface area contributed by atoms with Gasteiger partial charge in [-0.3, -0.25) is 0 Å². The van der Waals surface area contributed by atoms with Crippen LogP contribution in [0.25, 0.3) is 0 Å². The normalized spacial score (nSPS) is 17.1. The van der Waals surface area contributed by atoms with Gasteiger partial charge in [0.2, 0.25) is 0 Å². The van der Waals surface area contributed by atoms with E-state index in [1.165, 1.54) is 12.5 Å². The van der Waals surface area contributed by atoms with Crippen molar-refractivity contribution in [2.45, 2.75) is 47.9 Å². The van der Waals surface area contributed by atoms with E-state index in [1.54, 1.807) is 18.5 Å². The van der Waals surface area contributed by atoms with Crippen LogP contribution in [-0.4, -0.2) is 31.5 Å². The molecule has 27 heavy (non-hydrogen) atoms. The molecule has 0 bridgehead atoms. The van der Waals surface area contributed by atoms with E-state index in [2.05, 4.69) is 28.7 Å². The van der Waals surface area contributed by atoms with Crippen molar-refractivity contribution in [3.8, 4) is 0 Å². The Hall–Kier alpha value is -1.38. The van der Waals surface area contributed by atoms with Gasteiger partial charge in [-0.2, -0.15) is 8.42 Å². The van der Waals surface area contributed by atoms with E-state index >= 15 is 0 Å². The third-order valence-electron chi connectivity index (χ3n) is 5.17. The summed E-state index contributed by atoms with van der Waals surface area (Å²) in [5.74, 6) is 0.823. The minimum Gasteiger partial charge on any atom is -0.355 e.